The van der Waals surface area contributed by atoms with Crippen molar-refractivity contribution in [2.24, 2.45) is 0 Å². The van der Waals surface area contributed by atoms with E-state index in [1.165, 1.54) is 5.56 Å². The second-order valence-corrected chi connectivity index (χ2v) is 5.88. The summed E-state index contributed by atoms with van der Waals surface area (Å²) >= 11 is 0. The average Bonchev–Trinajstić information content (AvgIpc) is 2.60. The quantitative estimate of drug-likeness (QED) is 0.831. The Morgan fingerprint density at radius 1 is 1.08 bits per heavy atom. The highest BCUT2D eigenvalue weighted by atomic mass is 16.5. The molecular weight excluding hydrogens is 302 g/mol. The Hall–Kier alpha value is -2.49. The fourth-order valence-corrected chi connectivity index (χ4v) is 2.40. The lowest BCUT2D eigenvalue weighted by atomic mass is 10.0. The molecule has 0 aliphatic heterocycles. The van der Waals surface area contributed by atoms with Crippen LogP contribution in [0.4, 0.5) is 0 Å². The first-order chi connectivity index (χ1) is 11.5. The number of hydrogen-bond donors (Lipinski definition) is 1. The van der Waals surface area contributed by atoms with Crippen molar-refractivity contribution in [2.45, 2.75) is 33.2 Å². The molecule has 0 fully saturated rings. The molecule has 1 N–H and O–H groups in total. The molecule has 0 aliphatic carbocycles. The van der Waals surface area contributed by atoms with E-state index in [4.69, 9.17) is 9.47 Å². The molecule has 128 valence electrons. The summed E-state index contributed by atoms with van der Waals surface area (Å²) in [4.78, 5) is 12.3. The van der Waals surface area contributed by atoms with Crippen molar-refractivity contribution < 1.29 is 14.3 Å². The SMILES string of the molecule is CCOc1cc(CNC(=O)c2ccc(C(C)C)cc2)ccc1OC. The molecule has 0 unspecified atom stereocenters. The Kier molecular flexibility index (Phi) is 6.24. The lowest BCUT2D eigenvalue weighted by Gasteiger charge is -2.12. The second-order valence-electron chi connectivity index (χ2n) is 5.88. The largest absolute Gasteiger partial charge is 0.493 e. The number of methoxy groups -OCH3 is 1. The van der Waals surface area contributed by atoms with Crippen LogP contribution in [0.25, 0.3) is 0 Å². The van der Waals surface area contributed by atoms with Crippen molar-refractivity contribution in [1.29, 1.82) is 0 Å². The minimum Gasteiger partial charge on any atom is -0.493 e. The molecule has 0 aliphatic rings. The summed E-state index contributed by atoms with van der Waals surface area (Å²) < 4.78 is 10.8. The van der Waals surface area contributed by atoms with Crippen LogP contribution in [0.3, 0.4) is 0 Å². The van der Waals surface area contributed by atoms with Gasteiger partial charge in [0.05, 0.1) is 13.7 Å². The van der Waals surface area contributed by atoms with Gasteiger partial charge in [-0.3, -0.25) is 4.79 Å². The number of carbonyl (C=O) groups is 1. The normalized spacial score (nSPS) is 10.5. The number of benzene rings is 2. The molecule has 0 radical (unpaired) electrons. The van der Waals surface area contributed by atoms with Crippen LogP contribution >= 0.6 is 0 Å². The monoisotopic (exact) mass is 327 g/mol. The van der Waals surface area contributed by atoms with Crippen molar-refractivity contribution in [3.8, 4) is 11.5 Å². The van der Waals surface area contributed by atoms with Gasteiger partial charge in [-0.05, 0) is 48.2 Å². The third-order valence-corrected chi connectivity index (χ3v) is 3.82. The van der Waals surface area contributed by atoms with Gasteiger partial charge in [0.2, 0.25) is 0 Å². The van der Waals surface area contributed by atoms with Gasteiger partial charge in [0.15, 0.2) is 11.5 Å². The number of hydrogen-bond acceptors (Lipinski definition) is 3. The second kappa shape index (κ2) is 8.39. The number of nitrogens with one attached hydrogen (secondary N) is 1. The zero-order valence-corrected chi connectivity index (χ0v) is 14.8. The lowest BCUT2D eigenvalue weighted by molar-refractivity contribution is 0.0951. The number of amides is 1. The van der Waals surface area contributed by atoms with Crippen LogP contribution in [-0.2, 0) is 6.54 Å². The smallest absolute Gasteiger partial charge is 0.251 e. The van der Waals surface area contributed by atoms with E-state index in [9.17, 15) is 4.79 Å². The van der Waals surface area contributed by atoms with Gasteiger partial charge in [-0.15, -0.1) is 0 Å². The first-order valence-electron chi connectivity index (χ1n) is 8.23. The fraction of sp³-hybridized carbons (Fsp3) is 0.350. The van der Waals surface area contributed by atoms with Crippen LogP contribution in [0.1, 0.15) is 48.2 Å². The van der Waals surface area contributed by atoms with E-state index in [0.29, 0.717) is 36.1 Å². The Morgan fingerprint density at radius 3 is 2.38 bits per heavy atom. The number of carbonyl (C=O) groups excluding carboxylic acids is 1. The van der Waals surface area contributed by atoms with E-state index in [-0.39, 0.29) is 5.91 Å². The Labute approximate surface area is 143 Å². The number of ether oxygens (including phenoxy) is 2. The molecule has 0 atom stereocenters. The van der Waals surface area contributed by atoms with Crippen molar-refractivity contribution in [3.05, 3.63) is 59.2 Å². The molecule has 0 aromatic heterocycles. The summed E-state index contributed by atoms with van der Waals surface area (Å²) in [6, 6.07) is 13.4. The van der Waals surface area contributed by atoms with Gasteiger partial charge in [0.25, 0.3) is 5.91 Å². The lowest BCUT2D eigenvalue weighted by Crippen LogP contribution is -2.22. The minimum atomic E-state index is -0.0842. The molecule has 4 nitrogen and oxygen atoms in total. The summed E-state index contributed by atoms with van der Waals surface area (Å²) in [7, 11) is 1.61. The van der Waals surface area contributed by atoms with Gasteiger partial charge >= 0.3 is 0 Å². The average molecular weight is 327 g/mol. The first kappa shape index (κ1) is 17.9. The zero-order valence-electron chi connectivity index (χ0n) is 14.8. The third-order valence-electron chi connectivity index (χ3n) is 3.82. The molecule has 0 saturated heterocycles. The van der Waals surface area contributed by atoms with Crippen molar-refractivity contribution in [1.82, 2.24) is 5.32 Å². The maximum absolute atomic E-state index is 12.3. The van der Waals surface area contributed by atoms with Crippen LogP contribution in [0.15, 0.2) is 42.5 Å². The van der Waals surface area contributed by atoms with E-state index in [1.54, 1.807) is 7.11 Å². The van der Waals surface area contributed by atoms with Crippen molar-refractivity contribution in [3.63, 3.8) is 0 Å². The summed E-state index contributed by atoms with van der Waals surface area (Å²) in [5, 5.41) is 2.94. The fourth-order valence-electron chi connectivity index (χ4n) is 2.40. The third kappa shape index (κ3) is 4.51. The van der Waals surface area contributed by atoms with Crippen molar-refractivity contribution >= 4 is 5.91 Å². The molecule has 2 aromatic rings. The maximum Gasteiger partial charge on any atom is 0.251 e. The minimum absolute atomic E-state index is 0.0842. The molecule has 2 aromatic carbocycles. The summed E-state index contributed by atoms with van der Waals surface area (Å²) in [5.74, 6) is 1.75. The van der Waals surface area contributed by atoms with Gasteiger partial charge in [-0.2, -0.15) is 0 Å². The highest BCUT2D eigenvalue weighted by Crippen LogP contribution is 2.28. The summed E-state index contributed by atoms with van der Waals surface area (Å²) in [6.45, 7) is 7.20. The van der Waals surface area contributed by atoms with Gasteiger partial charge < -0.3 is 14.8 Å². The van der Waals surface area contributed by atoms with Gasteiger partial charge in [0, 0.05) is 12.1 Å². The Morgan fingerprint density at radius 2 is 1.79 bits per heavy atom. The standard InChI is InChI=1S/C20H25NO3/c1-5-24-19-12-15(6-11-18(19)23-4)13-21-20(22)17-9-7-16(8-10-17)14(2)3/h6-12,14H,5,13H2,1-4H3,(H,21,22). The highest BCUT2D eigenvalue weighted by Gasteiger charge is 2.09. The van der Waals surface area contributed by atoms with Gasteiger partial charge in [-0.1, -0.05) is 32.0 Å². The van der Waals surface area contributed by atoms with Crippen LogP contribution in [0.5, 0.6) is 11.5 Å². The molecule has 0 saturated carbocycles. The van der Waals surface area contributed by atoms with Crippen LogP contribution < -0.4 is 14.8 Å². The Bertz CT molecular complexity index is 678. The topological polar surface area (TPSA) is 47.6 Å². The number of rotatable bonds is 7. The highest BCUT2D eigenvalue weighted by molar-refractivity contribution is 5.94. The molecule has 0 spiro atoms. The van der Waals surface area contributed by atoms with Crippen LogP contribution in [-0.4, -0.2) is 19.6 Å². The van der Waals surface area contributed by atoms with E-state index < -0.39 is 0 Å². The molecule has 0 heterocycles. The zero-order chi connectivity index (χ0) is 17.5. The van der Waals surface area contributed by atoms with Gasteiger partial charge in [-0.25, -0.2) is 0 Å². The van der Waals surface area contributed by atoms with E-state index in [2.05, 4.69) is 19.2 Å². The predicted octanol–water partition coefficient (Wildman–Crippen LogP) is 4.15. The Balaban J connectivity index is 2.01. The molecule has 2 rings (SSSR count). The summed E-state index contributed by atoms with van der Waals surface area (Å²) in [5.41, 5.74) is 2.85. The van der Waals surface area contributed by atoms with Crippen LogP contribution in [0, 0.1) is 0 Å². The molecule has 0 bridgehead atoms. The van der Waals surface area contributed by atoms with E-state index in [0.717, 1.165) is 5.56 Å². The molecular formula is C20H25NO3. The van der Waals surface area contributed by atoms with E-state index >= 15 is 0 Å². The predicted molar refractivity (Wildman–Crippen MR) is 95.9 cm³/mol. The van der Waals surface area contributed by atoms with E-state index in [1.807, 2.05) is 49.4 Å². The first-order valence-corrected chi connectivity index (χ1v) is 8.23. The molecule has 4 heteroatoms. The van der Waals surface area contributed by atoms with Crippen LogP contribution in [0.2, 0.25) is 0 Å². The molecule has 1 amide bonds. The molecule has 24 heavy (non-hydrogen) atoms. The van der Waals surface area contributed by atoms with Crippen molar-refractivity contribution in [2.75, 3.05) is 13.7 Å². The summed E-state index contributed by atoms with van der Waals surface area (Å²) in [6.07, 6.45) is 0. The van der Waals surface area contributed by atoms with Gasteiger partial charge in [0.1, 0.15) is 0 Å². The maximum atomic E-state index is 12.3.